The summed E-state index contributed by atoms with van der Waals surface area (Å²) in [6.45, 7) is 4.59. The number of nitrogens with one attached hydrogen (secondary N) is 2. The van der Waals surface area contributed by atoms with Crippen molar-refractivity contribution >= 4 is 5.91 Å². The highest BCUT2D eigenvalue weighted by atomic mass is 16.5. The molecule has 0 saturated carbocycles. The Morgan fingerprint density at radius 3 is 3.11 bits per heavy atom. The number of amides is 1. The van der Waals surface area contributed by atoms with Crippen LogP contribution in [-0.2, 0) is 4.74 Å². The molecule has 1 aliphatic rings. The van der Waals surface area contributed by atoms with Crippen molar-refractivity contribution in [3.05, 3.63) is 29.3 Å². The molecule has 0 aromatic heterocycles. The smallest absolute Gasteiger partial charge is 0.251 e. The Hall–Kier alpha value is -1.59. The van der Waals surface area contributed by atoms with Crippen LogP contribution in [0.5, 0.6) is 5.75 Å². The summed E-state index contributed by atoms with van der Waals surface area (Å²) in [4.78, 5) is 12.0. The second-order valence-electron chi connectivity index (χ2n) is 4.41. The van der Waals surface area contributed by atoms with Crippen molar-refractivity contribution in [2.75, 3.05) is 26.2 Å². The predicted octanol–water partition coefficient (Wildman–Crippen LogP) is 0.419. The van der Waals surface area contributed by atoms with E-state index in [0.29, 0.717) is 18.7 Å². The van der Waals surface area contributed by atoms with Crippen molar-refractivity contribution in [3.8, 4) is 5.75 Å². The molecule has 98 valence electrons. The van der Waals surface area contributed by atoms with E-state index < -0.39 is 0 Å². The number of phenols is 1. The summed E-state index contributed by atoms with van der Waals surface area (Å²) in [5.74, 6) is 0.0329. The number of carbonyl (C=O) groups is 1. The molecule has 5 heteroatoms. The summed E-state index contributed by atoms with van der Waals surface area (Å²) in [5.41, 5.74) is 1.34. The summed E-state index contributed by atoms with van der Waals surface area (Å²) in [6, 6.07) is 4.72. The van der Waals surface area contributed by atoms with Gasteiger partial charge in [0.05, 0.1) is 12.7 Å². The van der Waals surface area contributed by atoms with E-state index in [2.05, 4.69) is 10.6 Å². The first kappa shape index (κ1) is 12.9. The molecule has 1 heterocycles. The molecule has 1 fully saturated rings. The third-order valence-electron chi connectivity index (χ3n) is 2.95. The van der Waals surface area contributed by atoms with Crippen molar-refractivity contribution in [2.24, 2.45) is 0 Å². The molecule has 1 aliphatic heterocycles. The molecule has 1 aromatic rings. The molecule has 1 amide bonds. The maximum atomic E-state index is 12.0. The Morgan fingerprint density at radius 1 is 1.61 bits per heavy atom. The zero-order valence-corrected chi connectivity index (χ0v) is 10.4. The highest BCUT2D eigenvalue weighted by Gasteiger charge is 2.15. The lowest BCUT2D eigenvalue weighted by Crippen LogP contribution is -2.45. The number of hydrogen-bond donors (Lipinski definition) is 3. The molecule has 0 bridgehead atoms. The summed E-state index contributed by atoms with van der Waals surface area (Å²) in [5, 5.41) is 15.3. The minimum absolute atomic E-state index is 0.0279. The van der Waals surface area contributed by atoms with Crippen LogP contribution in [0.25, 0.3) is 0 Å². The van der Waals surface area contributed by atoms with Gasteiger partial charge in [-0.05, 0) is 30.7 Å². The van der Waals surface area contributed by atoms with E-state index in [4.69, 9.17) is 4.74 Å². The van der Waals surface area contributed by atoms with Gasteiger partial charge in [0.15, 0.2) is 0 Å². The Morgan fingerprint density at radius 2 is 2.44 bits per heavy atom. The number of rotatable bonds is 3. The molecule has 0 aliphatic carbocycles. The number of ether oxygens (including phenoxy) is 1. The molecule has 1 aromatic carbocycles. The lowest BCUT2D eigenvalue weighted by Gasteiger charge is -2.23. The zero-order chi connectivity index (χ0) is 13.0. The summed E-state index contributed by atoms with van der Waals surface area (Å²) < 4.78 is 5.50. The summed E-state index contributed by atoms with van der Waals surface area (Å²) in [7, 11) is 0. The molecule has 1 saturated heterocycles. The maximum absolute atomic E-state index is 12.0. The van der Waals surface area contributed by atoms with E-state index in [-0.39, 0.29) is 17.8 Å². The average molecular weight is 250 g/mol. The first-order chi connectivity index (χ1) is 8.66. The predicted molar refractivity (Wildman–Crippen MR) is 67.8 cm³/mol. The Balaban J connectivity index is 1.90. The fourth-order valence-electron chi connectivity index (χ4n) is 1.96. The van der Waals surface area contributed by atoms with Crippen LogP contribution in [0.4, 0.5) is 0 Å². The van der Waals surface area contributed by atoms with Gasteiger partial charge in [0, 0.05) is 25.2 Å². The average Bonchev–Trinajstić information content (AvgIpc) is 2.37. The van der Waals surface area contributed by atoms with E-state index >= 15 is 0 Å². The second kappa shape index (κ2) is 5.84. The Labute approximate surface area is 106 Å². The second-order valence-corrected chi connectivity index (χ2v) is 4.41. The van der Waals surface area contributed by atoms with Gasteiger partial charge < -0.3 is 20.5 Å². The van der Waals surface area contributed by atoms with Crippen molar-refractivity contribution in [1.82, 2.24) is 10.6 Å². The summed E-state index contributed by atoms with van der Waals surface area (Å²) >= 11 is 0. The Kier molecular flexibility index (Phi) is 4.17. The number of aromatic hydroxyl groups is 1. The van der Waals surface area contributed by atoms with Crippen LogP contribution < -0.4 is 10.6 Å². The summed E-state index contributed by atoms with van der Waals surface area (Å²) in [6.07, 6.45) is 0.0279. The van der Waals surface area contributed by atoms with Crippen molar-refractivity contribution in [2.45, 2.75) is 13.0 Å². The van der Waals surface area contributed by atoms with Gasteiger partial charge >= 0.3 is 0 Å². The van der Waals surface area contributed by atoms with Gasteiger partial charge in [0.1, 0.15) is 5.75 Å². The number of aryl methyl sites for hydroxylation is 1. The number of morpholine rings is 1. The van der Waals surface area contributed by atoms with Crippen LogP contribution in [0.3, 0.4) is 0 Å². The van der Waals surface area contributed by atoms with Gasteiger partial charge in [-0.3, -0.25) is 4.79 Å². The lowest BCUT2D eigenvalue weighted by molar-refractivity contribution is 0.0287. The highest BCUT2D eigenvalue weighted by molar-refractivity contribution is 5.95. The normalized spacial score (nSPS) is 19.5. The van der Waals surface area contributed by atoms with Gasteiger partial charge in [-0.2, -0.15) is 0 Å². The van der Waals surface area contributed by atoms with Gasteiger partial charge in [0.25, 0.3) is 5.91 Å². The zero-order valence-electron chi connectivity index (χ0n) is 10.4. The van der Waals surface area contributed by atoms with Gasteiger partial charge in [-0.15, -0.1) is 0 Å². The number of hydrogen-bond acceptors (Lipinski definition) is 4. The standard InChI is InChI=1S/C13H18N2O3/c1-9-6-10(16)2-3-12(9)13(17)15-8-11-7-14-4-5-18-11/h2-3,6,11,14,16H,4-5,7-8H2,1H3,(H,15,17). The minimum Gasteiger partial charge on any atom is -0.508 e. The van der Waals surface area contributed by atoms with Gasteiger partial charge in [-0.1, -0.05) is 0 Å². The molecule has 0 radical (unpaired) electrons. The van der Waals surface area contributed by atoms with Crippen LogP contribution >= 0.6 is 0 Å². The lowest BCUT2D eigenvalue weighted by atomic mass is 10.1. The number of benzene rings is 1. The molecule has 1 atom stereocenters. The van der Waals surface area contributed by atoms with Gasteiger partial charge in [0.2, 0.25) is 0 Å². The third-order valence-corrected chi connectivity index (χ3v) is 2.95. The molecule has 5 nitrogen and oxygen atoms in total. The fraction of sp³-hybridized carbons (Fsp3) is 0.462. The topological polar surface area (TPSA) is 70.6 Å². The highest BCUT2D eigenvalue weighted by Crippen LogP contribution is 2.15. The molecule has 2 rings (SSSR count). The van der Waals surface area contributed by atoms with E-state index in [1.807, 2.05) is 0 Å². The van der Waals surface area contributed by atoms with Gasteiger partial charge in [-0.25, -0.2) is 0 Å². The molecular weight excluding hydrogens is 232 g/mol. The van der Waals surface area contributed by atoms with E-state index in [1.54, 1.807) is 19.1 Å². The maximum Gasteiger partial charge on any atom is 0.251 e. The van der Waals surface area contributed by atoms with E-state index in [1.165, 1.54) is 6.07 Å². The van der Waals surface area contributed by atoms with Crippen LogP contribution in [-0.4, -0.2) is 43.4 Å². The first-order valence-corrected chi connectivity index (χ1v) is 6.07. The van der Waals surface area contributed by atoms with E-state index in [9.17, 15) is 9.90 Å². The molecular formula is C13H18N2O3. The van der Waals surface area contributed by atoms with E-state index in [0.717, 1.165) is 18.7 Å². The van der Waals surface area contributed by atoms with Crippen LogP contribution in [0, 0.1) is 6.92 Å². The molecule has 3 N–H and O–H groups in total. The van der Waals surface area contributed by atoms with Crippen LogP contribution in [0.15, 0.2) is 18.2 Å². The monoisotopic (exact) mass is 250 g/mol. The van der Waals surface area contributed by atoms with Crippen LogP contribution in [0.1, 0.15) is 15.9 Å². The quantitative estimate of drug-likeness (QED) is 0.727. The molecule has 1 unspecified atom stereocenters. The largest absolute Gasteiger partial charge is 0.508 e. The fourth-order valence-corrected chi connectivity index (χ4v) is 1.96. The Bertz CT molecular complexity index is 428. The number of carbonyl (C=O) groups excluding carboxylic acids is 1. The first-order valence-electron chi connectivity index (χ1n) is 6.07. The minimum atomic E-state index is -0.137. The van der Waals surface area contributed by atoms with Crippen molar-refractivity contribution < 1.29 is 14.6 Å². The third kappa shape index (κ3) is 3.21. The molecule has 18 heavy (non-hydrogen) atoms. The number of phenolic OH excluding ortho intramolecular Hbond substituents is 1. The SMILES string of the molecule is Cc1cc(O)ccc1C(=O)NCC1CNCCO1. The van der Waals surface area contributed by atoms with Crippen LogP contribution in [0.2, 0.25) is 0 Å². The van der Waals surface area contributed by atoms with Crippen molar-refractivity contribution in [1.29, 1.82) is 0 Å². The molecule has 0 spiro atoms. The van der Waals surface area contributed by atoms with Crippen molar-refractivity contribution in [3.63, 3.8) is 0 Å².